The largest absolute Gasteiger partial charge is 0.420 e. The molecule has 430 valence electrons. The van der Waals surface area contributed by atoms with Crippen LogP contribution in [0.15, 0.2) is 24.5 Å². The van der Waals surface area contributed by atoms with Gasteiger partial charge >= 0.3 is 13.6 Å². The van der Waals surface area contributed by atoms with Crippen molar-refractivity contribution >= 4 is 42.0 Å². The van der Waals surface area contributed by atoms with E-state index in [1.165, 1.54) is 4.68 Å². The molecule has 0 aliphatic carbocycles. The third-order valence-corrected chi connectivity index (χ3v) is 13.0. The highest BCUT2D eigenvalue weighted by atomic mass is 35.5. The van der Waals surface area contributed by atoms with E-state index >= 15 is 0 Å². The molecule has 3 aromatic heterocycles. The number of fused-ring (bicyclic) bond motifs is 1. The molecule has 0 radical (unpaired) electrons. The summed E-state index contributed by atoms with van der Waals surface area (Å²) in [6, 6.07) is 0.839. The predicted molar refractivity (Wildman–Crippen MR) is 261 cm³/mol. The number of esters is 1. The number of halogens is 4. The van der Waals surface area contributed by atoms with Gasteiger partial charge in [0, 0.05) is 43.7 Å². The number of anilines is 1. The van der Waals surface area contributed by atoms with Gasteiger partial charge in [0.15, 0.2) is 23.5 Å². The van der Waals surface area contributed by atoms with Crippen molar-refractivity contribution in [2.75, 3.05) is 150 Å². The highest BCUT2D eigenvalue weighted by Gasteiger charge is 2.48. The van der Waals surface area contributed by atoms with Crippen LogP contribution < -0.4 is 9.64 Å². The van der Waals surface area contributed by atoms with Gasteiger partial charge in [-0.05, 0) is 31.0 Å². The number of hydrogen-bond donors (Lipinski definition) is 4. The first-order valence-electron chi connectivity index (χ1n) is 25.0. The molecule has 3 aliphatic rings. The number of aliphatic hydroxyl groups excluding tert-OH is 2. The summed E-state index contributed by atoms with van der Waals surface area (Å²) < 4.78 is 114. The molecule has 1 unspecified atom stereocenters. The van der Waals surface area contributed by atoms with Crippen molar-refractivity contribution in [2.24, 2.45) is 5.41 Å². The molecule has 31 heteroatoms. The maximum Gasteiger partial charge on any atom is 0.350 e. The Hall–Kier alpha value is -4.11. The van der Waals surface area contributed by atoms with Gasteiger partial charge in [-0.3, -0.25) is 9.36 Å². The second-order valence-corrected chi connectivity index (χ2v) is 20.2. The third-order valence-electron chi connectivity index (χ3n) is 12.3. The molecule has 3 aliphatic heterocycles. The molecule has 0 bridgehead atoms. The zero-order valence-electron chi connectivity index (χ0n) is 42.3. The number of nitrogens with zero attached hydrogens (tertiary/aromatic N) is 9. The lowest BCUT2D eigenvalue weighted by molar-refractivity contribution is -0.136. The molecule has 1 aromatic carbocycles. The first-order chi connectivity index (χ1) is 37.2. The first kappa shape index (κ1) is 60.5. The summed E-state index contributed by atoms with van der Waals surface area (Å²) in [4.78, 5) is 43.3. The van der Waals surface area contributed by atoms with Crippen molar-refractivity contribution in [2.45, 2.75) is 57.0 Å². The summed E-state index contributed by atoms with van der Waals surface area (Å²) >= 11 is 6.39. The Labute approximate surface area is 445 Å². The van der Waals surface area contributed by atoms with Crippen LogP contribution in [0.25, 0.3) is 11.0 Å². The fraction of sp³-hybridized carbons (Fsp3) is 0.696. The fourth-order valence-corrected chi connectivity index (χ4v) is 9.26. The minimum Gasteiger partial charge on any atom is -0.420 e. The Morgan fingerprint density at radius 2 is 1.38 bits per heavy atom. The number of carbonyl (C=O) groups excluding carboxylic acids is 1. The van der Waals surface area contributed by atoms with E-state index in [-0.39, 0.29) is 50.2 Å². The second-order valence-electron chi connectivity index (χ2n) is 18.3. The normalized spacial score (nSPS) is 19.7. The van der Waals surface area contributed by atoms with E-state index < -0.39 is 67.7 Å². The zero-order valence-corrected chi connectivity index (χ0v) is 43.9. The Balaban J connectivity index is 0.636. The van der Waals surface area contributed by atoms with Gasteiger partial charge in [0.25, 0.3) is 0 Å². The Morgan fingerprint density at radius 3 is 2.01 bits per heavy atom. The van der Waals surface area contributed by atoms with Crippen molar-refractivity contribution in [1.82, 2.24) is 39.6 Å². The molecule has 7 rings (SSSR count). The van der Waals surface area contributed by atoms with Crippen molar-refractivity contribution in [1.29, 1.82) is 0 Å². The number of piperidine rings is 1. The Morgan fingerprint density at radius 1 is 0.779 bits per heavy atom. The molecular weight excluding hydrogens is 1070 g/mol. The van der Waals surface area contributed by atoms with E-state index in [0.717, 1.165) is 45.6 Å². The maximum atomic E-state index is 13.6. The monoisotopic (exact) mass is 1140 g/mol. The number of aliphatic hydroxyl groups is 2. The van der Waals surface area contributed by atoms with E-state index in [1.54, 1.807) is 17.1 Å². The Bertz CT molecular complexity index is 2470. The van der Waals surface area contributed by atoms with Crippen LogP contribution in [-0.2, 0) is 69.9 Å². The van der Waals surface area contributed by atoms with E-state index in [1.807, 2.05) is 0 Å². The minimum absolute atomic E-state index is 0.0212. The van der Waals surface area contributed by atoms with Gasteiger partial charge in [-0.2, -0.15) is 15.1 Å². The van der Waals surface area contributed by atoms with Crippen LogP contribution in [-0.4, -0.2) is 229 Å². The van der Waals surface area contributed by atoms with Gasteiger partial charge in [-0.1, -0.05) is 5.21 Å². The SMILES string of the molecule is O=C(CCOCCOCCOCCOCCn1cc(COCCOCCOCCOCCN2CCCC3(C2)CN(c2nc(Cl)nc4c2cnn4[C@@H]2OC(COCP(=O)(O)O)[C@@H](O)[C@H]2O)C3)nn1)Oc1c(F)cc(F)cc1F. The molecular formula is C46H66ClF3N9O17P. The number of carbonyl (C=O) groups is 1. The molecule has 1 spiro atoms. The number of ether oxygens (including phenoxy) is 11. The summed E-state index contributed by atoms with van der Waals surface area (Å²) in [5.41, 5.74) is 1.05. The smallest absolute Gasteiger partial charge is 0.350 e. The van der Waals surface area contributed by atoms with Crippen molar-refractivity contribution in [3.05, 3.63) is 53.0 Å². The number of rotatable bonds is 36. The van der Waals surface area contributed by atoms with Crippen LogP contribution in [0.1, 0.15) is 31.2 Å². The molecule has 4 atom stereocenters. The van der Waals surface area contributed by atoms with Crippen LogP contribution >= 0.6 is 19.2 Å². The third kappa shape index (κ3) is 19.0. The van der Waals surface area contributed by atoms with E-state index in [0.29, 0.717) is 121 Å². The van der Waals surface area contributed by atoms with Gasteiger partial charge in [-0.15, -0.1) is 5.10 Å². The number of hydrogen-bond acceptors (Lipinski definition) is 22. The summed E-state index contributed by atoms with van der Waals surface area (Å²) in [6.45, 7) is 9.90. The molecule has 3 saturated heterocycles. The van der Waals surface area contributed by atoms with E-state index in [2.05, 4.69) is 39.9 Å². The number of likely N-dealkylation sites (tertiary alicyclic amines) is 1. The molecule has 0 saturated carbocycles. The molecule has 0 amide bonds. The quantitative estimate of drug-likeness (QED) is 0.0165. The average molecular weight is 1140 g/mol. The van der Waals surface area contributed by atoms with E-state index in [9.17, 15) is 32.7 Å². The van der Waals surface area contributed by atoms with Crippen LogP contribution in [0.3, 0.4) is 0 Å². The lowest BCUT2D eigenvalue weighted by atomic mass is 9.73. The topological polar surface area (TPSA) is 297 Å². The van der Waals surface area contributed by atoms with Gasteiger partial charge in [0.1, 0.15) is 42.0 Å². The summed E-state index contributed by atoms with van der Waals surface area (Å²) in [6.07, 6.45) is -0.705. The molecule has 4 aromatic rings. The van der Waals surface area contributed by atoms with Gasteiger partial charge < -0.3 is 81.9 Å². The van der Waals surface area contributed by atoms with Gasteiger partial charge in [0.2, 0.25) is 11.0 Å². The zero-order chi connectivity index (χ0) is 54.6. The standard InChI is InChI=1S/C46H66ClF3N9O17P/c47-45-52-42(34-24-51-59(43(34)53-45)44-40(62)39(61)37(75-44)27-74-31-77(63,64)65)57-29-46(30-57)3-1-4-56(28-46)5-8-67-11-14-70-18-19-72-20-21-73-26-33-25-58(55-54-33)6-9-68-12-15-71-17-16-69-13-10-66-7-2-38(60)76-41-35(49)22-32(48)23-36(41)50/h22-25,37,39-40,44,61-62H,1-21,26-31H2,(H2,63,64,65)/t37?,39-,40-,44-/m1/s1. The molecule has 3 fully saturated rings. The van der Waals surface area contributed by atoms with Crippen molar-refractivity contribution in [3.8, 4) is 5.75 Å². The first-order valence-corrected chi connectivity index (χ1v) is 27.2. The molecule has 26 nitrogen and oxygen atoms in total. The summed E-state index contributed by atoms with van der Waals surface area (Å²) in [7, 11) is -4.43. The molecule has 77 heavy (non-hydrogen) atoms. The highest BCUT2D eigenvalue weighted by Crippen LogP contribution is 2.43. The summed E-state index contributed by atoms with van der Waals surface area (Å²) in [5.74, 6) is -5.02. The minimum atomic E-state index is -4.43. The predicted octanol–water partition coefficient (Wildman–Crippen LogP) is 1.49. The molecule has 6 heterocycles. The van der Waals surface area contributed by atoms with Gasteiger partial charge in [-0.25, -0.2) is 22.5 Å². The maximum absolute atomic E-state index is 13.6. The Kier molecular flexibility index (Phi) is 24.0. The highest BCUT2D eigenvalue weighted by molar-refractivity contribution is 7.51. The van der Waals surface area contributed by atoms with Crippen molar-refractivity contribution < 1.29 is 94.6 Å². The number of benzene rings is 1. The average Bonchev–Trinajstić information content (AvgIpc) is 4.09. The fourth-order valence-electron chi connectivity index (χ4n) is 8.75. The van der Waals surface area contributed by atoms with Gasteiger partial charge in [0.05, 0.1) is 143 Å². The van der Waals surface area contributed by atoms with Crippen LogP contribution in [0.5, 0.6) is 5.75 Å². The summed E-state index contributed by atoms with van der Waals surface area (Å²) in [5, 5.41) is 34.5. The van der Waals surface area contributed by atoms with Crippen LogP contribution in [0.4, 0.5) is 19.0 Å². The second kappa shape index (κ2) is 30.5. The lowest BCUT2D eigenvalue weighted by Gasteiger charge is -2.55. The van der Waals surface area contributed by atoms with Crippen molar-refractivity contribution in [3.63, 3.8) is 0 Å². The van der Waals surface area contributed by atoms with Crippen LogP contribution in [0, 0.1) is 22.9 Å². The van der Waals surface area contributed by atoms with Crippen LogP contribution in [0.2, 0.25) is 5.28 Å². The molecule has 4 N–H and O–H groups in total. The van der Waals surface area contributed by atoms with E-state index in [4.69, 9.17) is 68.8 Å². The lowest BCUT2D eigenvalue weighted by Crippen LogP contribution is -2.63. The number of aromatic nitrogens is 7.